The summed E-state index contributed by atoms with van der Waals surface area (Å²) in [5.41, 5.74) is 1.06. The predicted octanol–water partition coefficient (Wildman–Crippen LogP) is 4.30. The molecule has 0 radical (unpaired) electrons. The molecule has 0 fully saturated rings. The number of aliphatic hydroxyl groups excluding tert-OH is 1. The topological polar surface area (TPSA) is 46.5 Å². The van der Waals surface area contributed by atoms with E-state index in [1.807, 2.05) is 30.3 Å². The van der Waals surface area contributed by atoms with E-state index in [1.54, 1.807) is 0 Å². The van der Waals surface area contributed by atoms with Crippen LogP contribution in [0.25, 0.3) is 5.76 Å². The average Bonchev–Trinajstić information content (AvgIpc) is 2.53. The number of rotatable bonds is 5. The molecular weight excluding hydrogens is 309 g/mol. The first-order valence-corrected chi connectivity index (χ1v) is 6.65. The van der Waals surface area contributed by atoms with Crippen LogP contribution in [0.5, 0.6) is 5.75 Å². The Balaban J connectivity index is 2.02. The van der Waals surface area contributed by atoms with E-state index in [-0.39, 0.29) is 11.6 Å². The highest BCUT2D eigenvalue weighted by Gasteiger charge is 2.36. The summed E-state index contributed by atoms with van der Waals surface area (Å²) in [6, 6.07) is 15.2. The Morgan fingerprint density at radius 1 is 1.04 bits per heavy atom. The van der Waals surface area contributed by atoms with Crippen molar-refractivity contribution in [2.24, 2.45) is 0 Å². The van der Waals surface area contributed by atoms with E-state index in [0.717, 1.165) is 5.56 Å². The van der Waals surface area contributed by atoms with Crippen LogP contribution in [0.1, 0.15) is 11.1 Å². The summed E-state index contributed by atoms with van der Waals surface area (Å²) in [6.45, 7) is 0.342. The first-order valence-electron chi connectivity index (χ1n) is 6.65. The zero-order valence-corrected chi connectivity index (χ0v) is 11.9. The van der Waals surface area contributed by atoms with Gasteiger partial charge in [0.15, 0.2) is 0 Å². The summed E-state index contributed by atoms with van der Waals surface area (Å²) in [6.07, 6.45) is -4.85. The number of benzene rings is 2. The third-order valence-corrected chi connectivity index (χ3v) is 2.95. The van der Waals surface area contributed by atoms with Crippen molar-refractivity contribution < 1.29 is 27.8 Å². The summed E-state index contributed by atoms with van der Waals surface area (Å²) in [5, 5.41) is 9.55. The molecule has 0 aliphatic rings. The molecule has 0 aromatic heterocycles. The molecule has 0 unspecified atom stereocenters. The molecule has 3 nitrogen and oxygen atoms in total. The van der Waals surface area contributed by atoms with Crippen LogP contribution >= 0.6 is 0 Å². The Morgan fingerprint density at radius 3 is 2.22 bits per heavy atom. The highest BCUT2D eigenvalue weighted by atomic mass is 19.4. The maximum Gasteiger partial charge on any atom is 0.454 e. The number of carbonyl (C=O) groups excluding carboxylic acids is 1. The van der Waals surface area contributed by atoms with E-state index >= 15 is 0 Å². The Hall–Kier alpha value is -2.76. The SMILES string of the molecule is O=C(/C=C(\O)c1ccc(OCc2ccccc2)cc1)C(F)(F)F. The third-order valence-electron chi connectivity index (χ3n) is 2.95. The molecule has 0 amide bonds. The van der Waals surface area contributed by atoms with Crippen molar-refractivity contribution in [2.45, 2.75) is 12.8 Å². The molecule has 0 saturated carbocycles. The largest absolute Gasteiger partial charge is 0.507 e. The van der Waals surface area contributed by atoms with Crippen LogP contribution in [0, 0.1) is 0 Å². The van der Waals surface area contributed by atoms with Gasteiger partial charge in [0.25, 0.3) is 5.78 Å². The number of allylic oxidation sites excluding steroid dienone is 1. The van der Waals surface area contributed by atoms with Gasteiger partial charge in [-0.05, 0) is 29.8 Å². The quantitative estimate of drug-likeness (QED) is 0.659. The molecule has 0 heterocycles. The van der Waals surface area contributed by atoms with Crippen LogP contribution in [-0.2, 0) is 11.4 Å². The van der Waals surface area contributed by atoms with E-state index in [2.05, 4.69) is 0 Å². The molecule has 0 aliphatic carbocycles. The Labute approximate surface area is 130 Å². The number of hydrogen-bond donors (Lipinski definition) is 1. The minimum Gasteiger partial charge on any atom is -0.507 e. The van der Waals surface area contributed by atoms with Crippen molar-refractivity contribution in [1.29, 1.82) is 0 Å². The van der Waals surface area contributed by atoms with E-state index in [9.17, 15) is 23.1 Å². The maximum atomic E-state index is 12.1. The summed E-state index contributed by atoms with van der Waals surface area (Å²) in [7, 11) is 0. The normalized spacial score (nSPS) is 12.0. The van der Waals surface area contributed by atoms with Crippen molar-refractivity contribution in [2.75, 3.05) is 0 Å². The Bertz CT molecular complexity index is 689. The maximum absolute atomic E-state index is 12.1. The number of hydrogen-bond acceptors (Lipinski definition) is 3. The highest BCUT2D eigenvalue weighted by molar-refractivity contribution is 5.99. The van der Waals surface area contributed by atoms with Crippen LogP contribution in [0.3, 0.4) is 0 Å². The highest BCUT2D eigenvalue weighted by Crippen LogP contribution is 2.21. The zero-order valence-electron chi connectivity index (χ0n) is 11.9. The van der Waals surface area contributed by atoms with Gasteiger partial charge < -0.3 is 9.84 Å². The minimum atomic E-state index is -5.01. The van der Waals surface area contributed by atoms with Crippen molar-refractivity contribution >= 4 is 11.5 Å². The van der Waals surface area contributed by atoms with Gasteiger partial charge >= 0.3 is 6.18 Å². The van der Waals surface area contributed by atoms with Gasteiger partial charge in [-0.25, -0.2) is 0 Å². The van der Waals surface area contributed by atoms with Crippen molar-refractivity contribution in [1.82, 2.24) is 0 Å². The molecule has 6 heteroatoms. The predicted molar refractivity (Wildman–Crippen MR) is 78.9 cm³/mol. The molecule has 0 aliphatic heterocycles. The molecule has 0 saturated heterocycles. The Morgan fingerprint density at radius 2 is 1.65 bits per heavy atom. The smallest absolute Gasteiger partial charge is 0.454 e. The second kappa shape index (κ2) is 7.00. The number of halogens is 3. The second-order valence-corrected chi connectivity index (χ2v) is 4.69. The first-order chi connectivity index (χ1) is 10.9. The molecule has 2 aromatic carbocycles. The molecule has 0 atom stereocenters. The molecular formula is C17H13F3O3. The fourth-order valence-electron chi connectivity index (χ4n) is 1.75. The number of carbonyl (C=O) groups is 1. The lowest BCUT2D eigenvalue weighted by atomic mass is 10.1. The summed E-state index contributed by atoms with van der Waals surface area (Å²) < 4.78 is 41.9. The van der Waals surface area contributed by atoms with Crippen LogP contribution in [-0.4, -0.2) is 17.1 Å². The summed E-state index contributed by atoms with van der Waals surface area (Å²) in [4.78, 5) is 10.8. The van der Waals surface area contributed by atoms with Crippen LogP contribution < -0.4 is 4.74 Å². The lowest BCUT2D eigenvalue weighted by Crippen LogP contribution is -2.20. The molecule has 2 rings (SSSR count). The number of alkyl halides is 3. The van der Waals surface area contributed by atoms with E-state index in [4.69, 9.17) is 4.74 Å². The van der Waals surface area contributed by atoms with E-state index in [1.165, 1.54) is 24.3 Å². The van der Waals surface area contributed by atoms with Gasteiger partial charge in [0.05, 0.1) is 0 Å². The lowest BCUT2D eigenvalue weighted by molar-refractivity contribution is -0.165. The number of ketones is 1. The van der Waals surface area contributed by atoms with Gasteiger partial charge in [-0.1, -0.05) is 30.3 Å². The molecule has 120 valence electrons. The molecule has 23 heavy (non-hydrogen) atoms. The van der Waals surface area contributed by atoms with Gasteiger partial charge in [-0.15, -0.1) is 0 Å². The summed E-state index contributed by atoms with van der Waals surface area (Å²) in [5.74, 6) is -2.37. The second-order valence-electron chi connectivity index (χ2n) is 4.69. The lowest BCUT2D eigenvalue weighted by Gasteiger charge is -2.07. The standard InChI is InChI=1S/C17H13F3O3/c18-17(19,20)16(22)10-15(21)13-6-8-14(9-7-13)23-11-12-4-2-1-3-5-12/h1-10,21H,11H2/b15-10-. The van der Waals surface area contributed by atoms with Gasteiger partial charge in [-0.2, -0.15) is 13.2 Å². The minimum absolute atomic E-state index is 0.0923. The van der Waals surface area contributed by atoms with Crippen molar-refractivity contribution in [3.05, 3.63) is 71.8 Å². The van der Waals surface area contributed by atoms with E-state index in [0.29, 0.717) is 12.4 Å². The van der Waals surface area contributed by atoms with Crippen LogP contribution in [0.2, 0.25) is 0 Å². The fraction of sp³-hybridized carbons (Fsp3) is 0.118. The van der Waals surface area contributed by atoms with Crippen molar-refractivity contribution in [3.63, 3.8) is 0 Å². The monoisotopic (exact) mass is 322 g/mol. The van der Waals surface area contributed by atoms with Gasteiger partial charge in [0.2, 0.25) is 0 Å². The van der Waals surface area contributed by atoms with Gasteiger partial charge in [-0.3, -0.25) is 4.79 Å². The van der Waals surface area contributed by atoms with Gasteiger partial charge in [0, 0.05) is 11.6 Å². The molecule has 0 bridgehead atoms. The number of ether oxygens (including phenoxy) is 1. The first kappa shape index (κ1) is 16.6. The molecule has 2 aromatic rings. The zero-order chi connectivity index (χ0) is 16.9. The summed E-state index contributed by atoms with van der Waals surface area (Å²) >= 11 is 0. The van der Waals surface area contributed by atoms with Crippen LogP contribution in [0.4, 0.5) is 13.2 Å². The fourth-order valence-corrected chi connectivity index (χ4v) is 1.75. The van der Waals surface area contributed by atoms with Crippen molar-refractivity contribution in [3.8, 4) is 5.75 Å². The number of aliphatic hydroxyl groups is 1. The van der Waals surface area contributed by atoms with Crippen LogP contribution in [0.15, 0.2) is 60.7 Å². The third kappa shape index (κ3) is 4.88. The Kier molecular flexibility index (Phi) is 5.05. The molecule has 0 spiro atoms. The molecule has 1 N–H and O–H groups in total. The average molecular weight is 322 g/mol. The van der Waals surface area contributed by atoms with Gasteiger partial charge in [0.1, 0.15) is 18.1 Å². The van der Waals surface area contributed by atoms with E-state index < -0.39 is 17.7 Å².